The summed E-state index contributed by atoms with van der Waals surface area (Å²) in [5.41, 5.74) is 1.22. The highest BCUT2D eigenvalue weighted by molar-refractivity contribution is 7.14. The molecule has 1 saturated heterocycles. The molecule has 2 heterocycles. The molecule has 2 rings (SSSR count). The van der Waals surface area contributed by atoms with Gasteiger partial charge in [0.1, 0.15) is 0 Å². The maximum atomic E-state index is 11.8. The lowest BCUT2D eigenvalue weighted by atomic mass is 10.2. The molecule has 1 aromatic heterocycles. The Labute approximate surface area is 93.4 Å². The molecule has 0 radical (unpaired) electrons. The summed E-state index contributed by atoms with van der Waals surface area (Å²) in [5, 5.41) is 2.94. The van der Waals surface area contributed by atoms with Crippen molar-refractivity contribution < 1.29 is 9.53 Å². The smallest absolute Gasteiger partial charge is 0.261 e. The number of hydrogen-bond acceptors (Lipinski definition) is 3. The first-order chi connectivity index (χ1) is 7.20. The van der Waals surface area contributed by atoms with Gasteiger partial charge in [-0.05, 0) is 25.0 Å². The minimum absolute atomic E-state index is 0.0381. The van der Waals surface area contributed by atoms with E-state index in [1.54, 1.807) is 11.3 Å². The molecule has 1 aromatic rings. The standard InChI is InChI=1S/C11H15NO2S/c1-3-9-7(2)4-10(15-9)11(13)12-8-5-14-6-8/h4,8H,3,5-6H2,1-2H3,(H,12,13). The SMILES string of the molecule is CCc1sc(C(=O)NC2COC2)cc1C. The van der Waals surface area contributed by atoms with Crippen LogP contribution in [0.3, 0.4) is 0 Å². The van der Waals surface area contributed by atoms with Crippen molar-refractivity contribution in [2.75, 3.05) is 13.2 Å². The first-order valence-corrected chi connectivity index (χ1v) is 6.00. The highest BCUT2D eigenvalue weighted by atomic mass is 32.1. The van der Waals surface area contributed by atoms with Gasteiger partial charge >= 0.3 is 0 Å². The van der Waals surface area contributed by atoms with Gasteiger partial charge in [0.15, 0.2) is 0 Å². The van der Waals surface area contributed by atoms with E-state index < -0.39 is 0 Å². The Morgan fingerprint density at radius 3 is 2.87 bits per heavy atom. The predicted octanol–water partition coefficient (Wildman–Crippen LogP) is 1.75. The molecule has 3 nitrogen and oxygen atoms in total. The lowest BCUT2D eigenvalue weighted by molar-refractivity contribution is -0.00339. The van der Waals surface area contributed by atoms with Crippen LogP contribution in [-0.2, 0) is 11.2 Å². The van der Waals surface area contributed by atoms with Crippen LogP contribution in [0.2, 0.25) is 0 Å². The molecule has 0 bridgehead atoms. The van der Waals surface area contributed by atoms with Gasteiger partial charge in [0.25, 0.3) is 5.91 Å². The van der Waals surface area contributed by atoms with E-state index in [2.05, 4.69) is 19.2 Å². The van der Waals surface area contributed by atoms with Gasteiger partial charge in [-0.1, -0.05) is 6.92 Å². The molecule has 0 saturated carbocycles. The summed E-state index contributed by atoms with van der Waals surface area (Å²) in [6, 6.07) is 2.18. The average molecular weight is 225 g/mol. The number of nitrogens with one attached hydrogen (secondary N) is 1. The van der Waals surface area contributed by atoms with Crippen LogP contribution in [0.1, 0.15) is 27.0 Å². The van der Waals surface area contributed by atoms with Crippen molar-refractivity contribution in [2.24, 2.45) is 0 Å². The van der Waals surface area contributed by atoms with E-state index in [4.69, 9.17) is 4.74 Å². The van der Waals surface area contributed by atoms with Gasteiger partial charge in [-0.25, -0.2) is 0 Å². The Balaban J connectivity index is 2.04. The third kappa shape index (κ3) is 2.21. The molecule has 0 spiro atoms. The number of carbonyl (C=O) groups is 1. The van der Waals surface area contributed by atoms with Gasteiger partial charge in [0.2, 0.25) is 0 Å². The fourth-order valence-electron chi connectivity index (χ4n) is 1.56. The van der Waals surface area contributed by atoms with Gasteiger partial charge in [0.05, 0.1) is 24.1 Å². The zero-order valence-electron chi connectivity index (χ0n) is 9.00. The lowest BCUT2D eigenvalue weighted by Crippen LogP contribution is -2.48. The Morgan fingerprint density at radius 1 is 1.67 bits per heavy atom. The van der Waals surface area contributed by atoms with Gasteiger partial charge < -0.3 is 10.1 Å². The zero-order valence-corrected chi connectivity index (χ0v) is 9.82. The van der Waals surface area contributed by atoms with Gasteiger partial charge in [-0.15, -0.1) is 11.3 Å². The van der Waals surface area contributed by atoms with Crippen LogP contribution >= 0.6 is 11.3 Å². The first kappa shape index (κ1) is 10.6. The van der Waals surface area contributed by atoms with Crippen LogP contribution in [0.15, 0.2) is 6.07 Å². The molecular formula is C11H15NO2S. The number of carbonyl (C=O) groups excluding carboxylic acids is 1. The molecule has 15 heavy (non-hydrogen) atoms. The minimum Gasteiger partial charge on any atom is -0.377 e. The minimum atomic E-state index is 0.0381. The average Bonchev–Trinajstić information content (AvgIpc) is 2.53. The van der Waals surface area contributed by atoms with Crippen molar-refractivity contribution in [2.45, 2.75) is 26.3 Å². The van der Waals surface area contributed by atoms with E-state index in [1.807, 2.05) is 6.07 Å². The first-order valence-electron chi connectivity index (χ1n) is 5.18. The predicted molar refractivity (Wildman–Crippen MR) is 60.5 cm³/mol. The molecule has 1 aliphatic heterocycles. The van der Waals surface area contributed by atoms with E-state index in [1.165, 1.54) is 10.4 Å². The van der Waals surface area contributed by atoms with Crippen molar-refractivity contribution in [1.82, 2.24) is 5.32 Å². The normalized spacial score (nSPS) is 16.1. The van der Waals surface area contributed by atoms with Crippen LogP contribution in [0.5, 0.6) is 0 Å². The summed E-state index contributed by atoms with van der Waals surface area (Å²) in [5.74, 6) is 0.0381. The van der Waals surface area contributed by atoms with Crippen molar-refractivity contribution in [3.05, 3.63) is 21.4 Å². The Bertz CT molecular complexity index is 369. The Morgan fingerprint density at radius 2 is 2.40 bits per heavy atom. The van der Waals surface area contributed by atoms with Crippen molar-refractivity contribution in [1.29, 1.82) is 0 Å². The Hall–Kier alpha value is -0.870. The number of ether oxygens (including phenoxy) is 1. The number of hydrogen-bond donors (Lipinski definition) is 1. The molecule has 0 aromatic carbocycles. The number of aryl methyl sites for hydroxylation is 2. The van der Waals surface area contributed by atoms with Crippen LogP contribution in [0.4, 0.5) is 0 Å². The lowest BCUT2D eigenvalue weighted by Gasteiger charge is -2.26. The number of thiophene rings is 1. The highest BCUT2D eigenvalue weighted by Crippen LogP contribution is 2.22. The summed E-state index contributed by atoms with van der Waals surface area (Å²) in [7, 11) is 0. The highest BCUT2D eigenvalue weighted by Gasteiger charge is 2.22. The third-order valence-electron chi connectivity index (χ3n) is 2.54. The molecule has 0 atom stereocenters. The summed E-state index contributed by atoms with van der Waals surface area (Å²) >= 11 is 1.59. The van der Waals surface area contributed by atoms with Crippen LogP contribution in [0.25, 0.3) is 0 Å². The second-order valence-electron chi connectivity index (χ2n) is 3.78. The van der Waals surface area contributed by atoms with E-state index in [9.17, 15) is 4.79 Å². The molecule has 1 amide bonds. The second kappa shape index (κ2) is 4.33. The quantitative estimate of drug-likeness (QED) is 0.851. The summed E-state index contributed by atoms with van der Waals surface area (Å²) in [6.45, 7) is 5.46. The molecule has 1 aliphatic rings. The van der Waals surface area contributed by atoms with Crippen molar-refractivity contribution in [3.8, 4) is 0 Å². The van der Waals surface area contributed by atoms with E-state index in [0.29, 0.717) is 13.2 Å². The van der Waals surface area contributed by atoms with Crippen LogP contribution < -0.4 is 5.32 Å². The molecule has 1 fully saturated rings. The maximum absolute atomic E-state index is 11.8. The van der Waals surface area contributed by atoms with E-state index >= 15 is 0 Å². The summed E-state index contributed by atoms with van der Waals surface area (Å²) in [4.78, 5) is 13.9. The Kier molecular flexibility index (Phi) is 3.07. The second-order valence-corrected chi connectivity index (χ2v) is 4.91. The zero-order chi connectivity index (χ0) is 10.8. The summed E-state index contributed by atoms with van der Waals surface area (Å²) < 4.78 is 5.01. The monoisotopic (exact) mass is 225 g/mol. The van der Waals surface area contributed by atoms with Crippen molar-refractivity contribution >= 4 is 17.2 Å². The molecule has 0 unspecified atom stereocenters. The molecule has 4 heteroatoms. The molecule has 82 valence electrons. The molecular weight excluding hydrogens is 210 g/mol. The fraction of sp³-hybridized carbons (Fsp3) is 0.545. The number of rotatable bonds is 3. The summed E-state index contributed by atoms with van der Waals surface area (Å²) in [6.07, 6.45) is 0.996. The van der Waals surface area contributed by atoms with Crippen molar-refractivity contribution in [3.63, 3.8) is 0 Å². The van der Waals surface area contributed by atoms with E-state index in [-0.39, 0.29) is 11.9 Å². The van der Waals surface area contributed by atoms with Gasteiger partial charge in [-0.3, -0.25) is 4.79 Å². The largest absolute Gasteiger partial charge is 0.377 e. The van der Waals surface area contributed by atoms with Gasteiger partial charge in [0, 0.05) is 4.88 Å². The molecule has 1 N–H and O–H groups in total. The third-order valence-corrected chi connectivity index (χ3v) is 3.92. The molecule has 0 aliphatic carbocycles. The maximum Gasteiger partial charge on any atom is 0.261 e. The van der Waals surface area contributed by atoms with Crippen LogP contribution in [-0.4, -0.2) is 25.2 Å². The van der Waals surface area contributed by atoms with Gasteiger partial charge in [-0.2, -0.15) is 0 Å². The fourth-order valence-corrected chi connectivity index (χ4v) is 2.58. The van der Waals surface area contributed by atoms with E-state index in [0.717, 1.165) is 11.3 Å². The topological polar surface area (TPSA) is 38.3 Å². The number of amides is 1. The van der Waals surface area contributed by atoms with Crippen LogP contribution in [0, 0.1) is 6.92 Å².